The smallest absolute Gasteiger partial charge is 0.378 e. The van der Waals surface area contributed by atoms with Crippen LogP contribution in [-0.2, 0) is 19.1 Å². The predicted octanol–water partition coefficient (Wildman–Crippen LogP) is 2.55. The van der Waals surface area contributed by atoms with Crippen LogP contribution < -0.4 is 10.6 Å². The first-order chi connectivity index (χ1) is 24.3. The number of amides is 6. The molecule has 0 bridgehead atoms. The maximum absolute atomic E-state index is 13.9. The van der Waals surface area contributed by atoms with Crippen LogP contribution in [0.4, 0.5) is 26.7 Å². The monoisotopic (exact) mass is 744 g/mol. The maximum atomic E-state index is 13.9. The fourth-order valence-electron chi connectivity index (χ4n) is 6.34. The van der Waals surface area contributed by atoms with Gasteiger partial charge in [-0.1, -0.05) is 27.7 Å². The number of halogens is 5. The molecule has 0 unspecified atom stereocenters. The van der Waals surface area contributed by atoms with Crippen molar-refractivity contribution in [2.75, 3.05) is 59.0 Å². The van der Waals surface area contributed by atoms with Gasteiger partial charge in [0, 0.05) is 56.9 Å². The van der Waals surface area contributed by atoms with E-state index in [-0.39, 0.29) is 30.5 Å². The van der Waals surface area contributed by atoms with Crippen molar-refractivity contribution in [2.24, 2.45) is 11.8 Å². The van der Waals surface area contributed by atoms with Crippen molar-refractivity contribution in [1.29, 1.82) is 0 Å². The number of piperazine rings is 1. The Morgan fingerprint density at radius 3 is 1.77 bits per heavy atom. The minimum atomic E-state index is -6.16. The molecule has 13 nitrogen and oxygen atoms in total. The quantitative estimate of drug-likeness (QED) is 0.350. The topological polar surface area (TPSA) is 149 Å². The molecule has 0 radical (unpaired) electrons. The number of alkyl halides is 5. The second-order valence-electron chi connectivity index (χ2n) is 13.8. The molecule has 3 heterocycles. The van der Waals surface area contributed by atoms with E-state index in [1.54, 1.807) is 28.5 Å². The first kappa shape index (κ1) is 40.4. The number of Topliss-reactive ketones (excluding diaryl/α,β-unsaturated/α-hetero) is 1. The van der Waals surface area contributed by atoms with Crippen molar-refractivity contribution in [1.82, 2.24) is 30.2 Å². The Kier molecular flexibility index (Phi) is 12.9. The molecule has 0 aromatic heterocycles. The van der Waals surface area contributed by atoms with Crippen LogP contribution in [0.15, 0.2) is 24.3 Å². The van der Waals surface area contributed by atoms with Crippen LogP contribution in [0.3, 0.4) is 0 Å². The summed E-state index contributed by atoms with van der Waals surface area (Å²) in [5, 5.41) is 4.66. The Morgan fingerprint density at radius 1 is 0.712 bits per heavy atom. The summed E-state index contributed by atoms with van der Waals surface area (Å²) >= 11 is 0. The van der Waals surface area contributed by atoms with Gasteiger partial charge in [-0.2, -0.15) is 22.0 Å². The highest BCUT2D eigenvalue weighted by molar-refractivity contribution is 6.01. The highest BCUT2D eigenvalue weighted by atomic mass is 19.4. The molecule has 1 aromatic rings. The Labute approximate surface area is 298 Å². The lowest BCUT2D eigenvalue weighted by Crippen LogP contribution is -2.60. The largest absolute Gasteiger partial charge is 0.461 e. The molecule has 288 valence electrons. The van der Waals surface area contributed by atoms with Crippen LogP contribution in [0.2, 0.25) is 0 Å². The molecule has 1 aromatic carbocycles. The second kappa shape index (κ2) is 16.5. The van der Waals surface area contributed by atoms with Crippen LogP contribution in [0.25, 0.3) is 0 Å². The highest BCUT2D eigenvalue weighted by Crippen LogP contribution is 2.37. The number of rotatable bonds is 10. The van der Waals surface area contributed by atoms with Crippen molar-refractivity contribution in [3.8, 4) is 0 Å². The molecule has 4 rings (SSSR count). The number of urea groups is 1. The van der Waals surface area contributed by atoms with Crippen molar-refractivity contribution in [3.05, 3.63) is 35.4 Å². The lowest BCUT2D eigenvalue weighted by Gasteiger charge is -2.38. The molecule has 0 aliphatic carbocycles. The van der Waals surface area contributed by atoms with E-state index in [1.165, 1.54) is 38.1 Å². The standard InChI is InChI=1S/C34H45F5N6O7/c1-20(2)25(27(46)33(35,36)34(37,38)39)40-29(48)24-6-5-11-45(24)31(50)26(21(3)4)41-28(47)22-7-9-23(10-8-22)30(49)42-12-14-43(15-13-42)32(51)44-16-18-52-19-17-44/h7-10,20-21,24-26H,5-6,11-19H2,1-4H3,(H,40,48)(H,41,47)/t24-,25-,26-/m0/s1. The Balaban J connectivity index is 1.36. The molecule has 6 amide bonds. The van der Waals surface area contributed by atoms with E-state index in [9.17, 15) is 50.7 Å². The zero-order valence-corrected chi connectivity index (χ0v) is 29.5. The first-order valence-corrected chi connectivity index (χ1v) is 17.3. The van der Waals surface area contributed by atoms with Gasteiger partial charge in [-0.15, -0.1) is 0 Å². The van der Waals surface area contributed by atoms with Crippen LogP contribution in [0.1, 0.15) is 61.3 Å². The van der Waals surface area contributed by atoms with Gasteiger partial charge in [0.1, 0.15) is 12.1 Å². The van der Waals surface area contributed by atoms with Gasteiger partial charge < -0.3 is 35.0 Å². The fourth-order valence-corrected chi connectivity index (χ4v) is 6.34. The number of ether oxygens (including phenoxy) is 1. The van der Waals surface area contributed by atoms with Gasteiger partial charge in [-0.05, 0) is 48.9 Å². The number of morpholine rings is 1. The molecule has 18 heteroatoms. The minimum Gasteiger partial charge on any atom is -0.378 e. The Hall–Kier alpha value is -4.35. The van der Waals surface area contributed by atoms with E-state index < -0.39 is 65.6 Å². The molecule has 52 heavy (non-hydrogen) atoms. The lowest BCUT2D eigenvalue weighted by molar-refractivity contribution is -0.270. The third kappa shape index (κ3) is 8.98. The SMILES string of the molecule is CC(C)[C@H](NC(=O)c1ccc(C(=O)N2CCN(C(=O)N3CCOCC3)CC2)cc1)C(=O)N1CCC[C@H]1C(=O)N[C@H](C(=O)C(F)(F)C(F)(F)F)C(C)C. The number of benzene rings is 1. The zero-order valence-electron chi connectivity index (χ0n) is 29.5. The van der Waals surface area contributed by atoms with Gasteiger partial charge in [0.2, 0.25) is 17.6 Å². The van der Waals surface area contributed by atoms with Crippen molar-refractivity contribution in [2.45, 2.75) is 70.8 Å². The van der Waals surface area contributed by atoms with Gasteiger partial charge in [0.25, 0.3) is 11.8 Å². The number of carbonyl (C=O) groups excluding carboxylic acids is 6. The number of likely N-dealkylation sites (tertiary alicyclic amines) is 1. The molecular weight excluding hydrogens is 699 g/mol. The molecule has 3 aliphatic heterocycles. The van der Waals surface area contributed by atoms with Crippen molar-refractivity contribution in [3.63, 3.8) is 0 Å². The summed E-state index contributed by atoms with van der Waals surface area (Å²) in [6.45, 7) is 9.17. The van der Waals surface area contributed by atoms with E-state index >= 15 is 0 Å². The van der Waals surface area contributed by atoms with Crippen LogP contribution in [0.5, 0.6) is 0 Å². The van der Waals surface area contributed by atoms with Crippen LogP contribution >= 0.6 is 0 Å². The molecular formula is C34H45F5N6O7. The summed E-state index contributed by atoms with van der Waals surface area (Å²) in [7, 11) is 0. The summed E-state index contributed by atoms with van der Waals surface area (Å²) in [4.78, 5) is 84.5. The second-order valence-corrected chi connectivity index (χ2v) is 13.8. The van der Waals surface area contributed by atoms with Gasteiger partial charge in [-0.3, -0.25) is 24.0 Å². The molecule has 2 N–H and O–H groups in total. The molecule has 3 aliphatic rings. The molecule has 3 atom stereocenters. The number of ketones is 1. The summed E-state index contributed by atoms with van der Waals surface area (Å²) in [6, 6.07) is 1.11. The van der Waals surface area contributed by atoms with Gasteiger partial charge in [0.15, 0.2) is 0 Å². The third-order valence-corrected chi connectivity index (χ3v) is 9.48. The highest BCUT2D eigenvalue weighted by Gasteiger charge is 2.65. The van der Waals surface area contributed by atoms with Crippen molar-refractivity contribution >= 4 is 35.4 Å². The third-order valence-electron chi connectivity index (χ3n) is 9.48. The summed E-state index contributed by atoms with van der Waals surface area (Å²) in [5.74, 6) is -12.5. The molecule has 0 saturated carbocycles. The van der Waals surface area contributed by atoms with E-state index in [0.29, 0.717) is 64.5 Å². The van der Waals surface area contributed by atoms with E-state index in [1.807, 2.05) is 5.32 Å². The molecule has 3 fully saturated rings. The summed E-state index contributed by atoms with van der Waals surface area (Å²) in [5.41, 5.74) is 0.452. The Morgan fingerprint density at radius 2 is 1.23 bits per heavy atom. The number of hydrogen-bond acceptors (Lipinski definition) is 7. The Bertz CT molecular complexity index is 1490. The average Bonchev–Trinajstić information content (AvgIpc) is 3.62. The number of hydrogen-bond donors (Lipinski definition) is 2. The normalized spacial score (nSPS) is 19.8. The zero-order chi connectivity index (χ0) is 38.5. The van der Waals surface area contributed by atoms with E-state index in [0.717, 1.165) is 4.90 Å². The van der Waals surface area contributed by atoms with Crippen LogP contribution in [-0.4, -0.2) is 144 Å². The van der Waals surface area contributed by atoms with E-state index in [2.05, 4.69) is 5.32 Å². The molecule has 0 spiro atoms. The van der Waals surface area contributed by atoms with Gasteiger partial charge >= 0.3 is 18.1 Å². The summed E-state index contributed by atoms with van der Waals surface area (Å²) < 4.78 is 71.8. The summed E-state index contributed by atoms with van der Waals surface area (Å²) in [6.07, 6.45) is -5.80. The van der Waals surface area contributed by atoms with Crippen molar-refractivity contribution < 1.29 is 55.5 Å². The van der Waals surface area contributed by atoms with Gasteiger partial charge in [-0.25, -0.2) is 4.79 Å². The minimum absolute atomic E-state index is 0.0431. The number of carbonyl (C=O) groups is 6. The fraction of sp³-hybridized carbons (Fsp3) is 0.647. The lowest BCUT2D eigenvalue weighted by atomic mass is 9.95. The van der Waals surface area contributed by atoms with Gasteiger partial charge in [0.05, 0.1) is 19.3 Å². The van der Waals surface area contributed by atoms with Crippen LogP contribution in [0, 0.1) is 11.8 Å². The first-order valence-electron chi connectivity index (χ1n) is 17.3. The number of nitrogens with zero attached hydrogens (tertiary/aromatic N) is 4. The average molecular weight is 745 g/mol. The van der Waals surface area contributed by atoms with E-state index in [4.69, 9.17) is 4.74 Å². The molecule has 3 saturated heterocycles. The maximum Gasteiger partial charge on any atom is 0.461 e. The predicted molar refractivity (Wildman–Crippen MR) is 175 cm³/mol. The number of nitrogens with one attached hydrogen (secondary N) is 2.